The Kier molecular flexibility index (Phi) is 4.88. The Morgan fingerprint density at radius 1 is 1.42 bits per heavy atom. The number of ether oxygens (including phenoxy) is 1. The highest BCUT2D eigenvalue weighted by atomic mass is 19.1. The molecule has 1 heterocycles. The van der Waals surface area contributed by atoms with Gasteiger partial charge in [0.25, 0.3) is 0 Å². The van der Waals surface area contributed by atoms with Crippen LogP contribution in [0.2, 0.25) is 0 Å². The van der Waals surface area contributed by atoms with Crippen molar-refractivity contribution < 1.29 is 13.5 Å². The third-order valence-electron chi connectivity index (χ3n) is 4.00. The lowest BCUT2D eigenvalue weighted by molar-refractivity contribution is 0.0782. The molecule has 19 heavy (non-hydrogen) atoms. The number of rotatable bonds is 5. The highest BCUT2D eigenvalue weighted by Crippen LogP contribution is 2.28. The molecule has 2 nitrogen and oxygen atoms in total. The van der Waals surface area contributed by atoms with Gasteiger partial charge in [-0.2, -0.15) is 0 Å². The van der Waals surface area contributed by atoms with Gasteiger partial charge >= 0.3 is 0 Å². The predicted octanol–water partition coefficient (Wildman–Crippen LogP) is 2.91. The standard InChI is InChI=1S/C15H21F2NO/c1-3-15-12(6-7-19-15)14(18-2)9-10-8-11(16)4-5-13(10)17/h4-5,8,12,14-15,18H,3,6-7,9H2,1-2H3. The largest absolute Gasteiger partial charge is 0.378 e. The molecule has 0 saturated carbocycles. The molecule has 1 fully saturated rings. The third-order valence-corrected chi connectivity index (χ3v) is 4.00. The molecular formula is C15H21F2NO. The van der Waals surface area contributed by atoms with Crippen molar-refractivity contribution >= 4 is 0 Å². The highest BCUT2D eigenvalue weighted by molar-refractivity contribution is 5.20. The molecule has 1 aliphatic heterocycles. The number of likely N-dealkylation sites (N-methyl/N-ethyl adjacent to an activating group) is 1. The fourth-order valence-electron chi connectivity index (χ4n) is 2.95. The molecule has 4 heteroatoms. The summed E-state index contributed by atoms with van der Waals surface area (Å²) in [6.45, 7) is 2.85. The van der Waals surface area contributed by atoms with Gasteiger partial charge in [0.2, 0.25) is 0 Å². The normalized spacial score (nSPS) is 24.6. The first-order chi connectivity index (χ1) is 9.15. The summed E-state index contributed by atoms with van der Waals surface area (Å²) in [7, 11) is 1.87. The van der Waals surface area contributed by atoms with Crippen molar-refractivity contribution in [3.8, 4) is 0 Å². The summed E-state index contributed by atoms with van der Waals surface area (Å²) >= 11 is 0. The van der Waals surface area contributed by atoms with Crippen LogP contribution in [0.5, 0.6) is 0 Å². The molecule has 3 unspecified atom stereocenters. The maximum atomic E-state index is 13.7. The Labute approximate surface area is 113 Å². The van der Waals surface area contributed by atoms with Gasteiger partial charge in [-0.1, -0.05) is 6.92 Å². The monoisotopic (exact) mass is 269 g/mol. The van der Waals surface area contributed by atoms with Crippen molar-refractivity contribution in [2.45, 2.75) is 38.3 Å². The van der Waals surface area contributed by atoms with Crippen LogP contribution in [-0.4, -0.2) is 25.8 Å². The summed E-state index contributed by atoms with van der Waals surface area (Å²) in [4.78, 5) is 0. The summed E-state index contributed by atoms with van der Waals surface area (Å²) in [5.74, 6) is -0.368. The Morgan fingerprint density at radius 2 is 2.21 bits per heavy atom. The minimum absolute atomic E-state index is 0.115. The Morgan fingerprint density at radius 3 is 2.89 bits per heavy atom. The van der Waals surface area contributed by atoms with Crippen molar-refractivity contribution in [3.05, 3.63) is 35.4 Å². The summed E-state index contributed by atoms with van der Waals surface area (Å²) in [6.07, 6.45) is 2.63. The highest BCUT2D eigenvalue weighted by Gasteiger charge is 2.33. The number of nitrogens with one attached hydrogen (secondary N) is 1. The van der Waals surface area contributed by atoms with E-state index < -0.39 is 0 Å². The zero-order chi connectivity index (χ0) is 13.8. The second-order valence-corrected chi connectivity index (χ2v) is 5.11. The van der Waals surface area contributed by atoms with Gasteiger partial charge in [-0.05, 0) is 50.1 Å². The average molecular weight is 269 g/mol. The van der Waals surface area contributed by atoms with Gasteiger partial charge in [-0.3, -0.25) is 0 Å². The molecule has 1 aromatic rings. The zero-order valence-corrected chi connectivity index (χ0v) is 11.5. The molecule has 1 saturated heterocycles. The molecule has 0 spiro atoms. The van der Waals surface area contributed by atoms with E-state index in [1.54, 1.807) is 0 Å². The molecular weight excluding hydrogens is 248 g/mol. The lowest BCUT2D eigenvalue weighted by Crippen LogP contribution is -2.39. The smallest absolute Gasteiger partial charge is 0.126 e. The van der Waals surface area contributed by atoms with Crippen LogP contribution in [0.3, 0.4) is 0 Å². The first-order valence-corrected chi connectivity index (χ1v) is 6.88. The molecule has 0 radical (unpaired) electrons. The van der Waals surface area contributed by atoms with E-state index in [9.17, 15) is 8.78 Å². The average Bonchev–Trinajstić information content (AvgIpc) is 2.88. The van der Waals surface area contributed by atoms with Gasteiger partial charge in [-0.25, -0.2) is 8.78 Å². The van der Waals surface area contributed by atoms with Crippen molar-refractivity contribution in [3.63, 3.8) is 0 Å². The van der Waals surface area contributed by atoms with Gasteiger partial charge in [-0.15, -0.1) is 0 Å². The van der Waals surface area contributed by atoms with Gasteiger partial charge in [0, 0.05) is 18.6 Å². The van der Waals surface area contributed by atoms with Gasteiger partial charge < -0.3 is 10.1 Å². The Hall–Kier alpha value is -1.00. The first-order valence-electron chi connectivity index (χ1n) is 6.88. The molecule has 1 N–H and O–H groups in total. The van der Waals surface area contributed by atoms with E-state index in [0.717, 1.165) is 25.5 Å². The van der Waals surface area contributed by atoms with Crippen LogP contribution in [0.1, 0.15) is 25.3 Å². The molecule has 0 aliphatic carbocycles. The molecule has 0 amide bonds. The molecule has 3 atom stereocenters. The predicted molar refractivity (Wildman–Crippen MR) is 71.0 cm³/mol. The van der Waals surface area contributed by atoms with E-state index in [1.165, 1.54) is 12.1 Å². The summed E-state index contributed by atoms with van der Waals surface area (Å²) in [5.41, 5.74) is 0.432. The van der Waals surface area contributed by atoms with Crippen LogP contribution in [0, 0.1) is 17.6 Å². The maximum absolute atomic E-state index is 13.7. The van der Waals surface area contributed by atoms with Crippen LogP contribution in [0.25, 0.3) is 0 Å². The van der Waals surface area contributed by atoms with E-state index >= 15 is 0 Å². The van der Waals surface area contributed by atoms with Crippen LogP contribution in [0.15, 0.2) is 18.2 Å². The van der Waals surface area contributed by atoms with E-state index in [0.29, 0.717) is 17.9 Å². The van der Waals surface area contributed by atoms with Gasteiger partial charge in [0.05, 0.1) is 6.10 Å². The lowest BCUT2D eigenvalue weighted by atomic mass is 9.87. The zero-order valence-electron chi connectivity index (χ0n) is 11.5. The fraction of sp³-hybridized carbons (Fsp3) is 0.600. The van der Waals surface area contributed by atoms with Crippen molar-refractivity contribution in [2.24, 2.45) is 5.92 Å². The topological polar surface area (TPSA) is 21.3 Å². The maximum Gasteiger partial charge on any atom is 0.126 e. The quantitative estimate of drug-likeness (QED) is 0.887. The van der Waals surface area contributed by atoms with Crippen LogP contribution < -0.4 is 5.32 Å². The van der Waals surface area contributed by atoms with Crippen LogP contribution in [-0.2, 0) is 11.2 Å². The van der Waals surface area contributed by atoms with Gasteiger partial charge in [0.15, 0.2) is 0 Å². The SMILES string of the molecule is CCC1OCCC1C(Cc1cc(F)ccc1F)NC. The van der Waals surface area contributed by atoms with Crippen molar-refractivity contribution in [1.29, 1.82) is 0 Å². The Balaban J connectivity index is 2.12. The van der Waals surface area contributed by atoms with E-state index in [1.807, 2.05) is 7.05 Å². The molecule has 0 bridgehead atoms. The minimum Gasteiger partial charge on any atom is -0.378 e. The second-order valence-electron chi connectivity index (χ2n) is 5.11. The van der Waals surface area contributed by atoms with E-state index in [-0.39, 0.29) is 23.8 Å². The number of hydrogen-bond acceptors (Lipinski definition) is 2. The Bertz CT molecular complexity index is 425. The molecule has 106 valence electrons. The summed E-state index contributed by atoms with van der Waals surface area (Å²) in [6, 6.07) is 3.75. The van der Waals surface area contributed by atoms with Crippen LogP contribution >= 0.6 is 0 Å². The number of halogens is 2. The van der Waals surface area contributed by atoms with Crippen molar-refractivity contribution in [1.82, 2.24) is 5.32 Å². The summed E-state index contributed by atoms with van der Waals surface area (Å²) < 4.78 is 32.6. The van der Waals surface area contributed by atoms with Crippen molar-refractivity contribution in [2.75, 3.05) is 13.7 Å². The van der Waals surface area contributed by atoms with E-state index in [2.05, 4.69) is 12.2 Å². The molecule has 2 rings (SSSR count). The second kappa shape index (κ2) is 6.44. The molecule has 1 aromatic carbocycles. The lowest BCUT2D eigenvalue weighted by Gasteiger charge is -2.27. The van der Waals surface area contributed by atoms with E-state index in [4.69, 9.17) is 4.74 Å². The first kappa shape index (κ1) is 14.4. The molecule has 0 aromatic heterocycles. The number of benzene rings is 1. The summed E-state index contributed by atoms with van der Waals surface area (Å²) in [5, 5.41) is 3.23. The minimum atomic E-state index is -0.388. The number of hydrogen-bond donors (Lipinski definition) is 1. The third kappa shape index (κ3) is 3.31. The van der Waals surface area contributed by atoms with Crippen LogP contribution in [0.4, 0.5) is 8.78 Å². The van der Waals surface area contributed by atoms with Gasteiger partial charge in [0.1, 0.15) is 11.6 Å². The fourth-order valence-corrected chi connectivity index (χ4v) is 2.95. The molecule has 1 aliphatic rings.